The summed E-state index contributed by atoms with van der Waals surface area (Å²) in [6, 6.07) is 13.3. The van der Waals surface area contributed by atoms with E-state index in [1.54, 1.807) is 11.3 Å². The van der Waals surface area contributed by atoms with Gasteiger partial charge in [0, 0.05) is 13.1 Å². The lowest BCUT2D eigenvalue weighted by atomic mass is 10.2. The van der Waals surface area contributed by atoms with Gasteiger partial charge in [-0.1, -0.05) is 12.1 Å². The molecule has 1 aliphatic heterocycles. The fraction of sp³-hybridized carbons (Fsp3) is 0.261. The summed E-state index contributed by atoms with van der Waals surface area (Å²) in [7, 11) is -3.88. The van der Waals surface area contributed by atoms with Crippen molar-refractivity contribution in [3.63, 3.8) is 0 Å². The molecule has 9 heteroatoms. The summed E-state index contributed by atoms with van der Waals surface area (Å²) in [5.74, 6) is -0.164. The van der Waals surface area contributed by atoms with Crippen molar-refractivity contribution in [2.24, 2.45) is 0 Å². The van der Waals surface area contributed by atoms with Crippen molar-refractivity contribution in [3.8, 4) is 5.75 Å². The number of halogens is 1. The van der Waals surface area contributed by atoms with Crippen molar-refractivity contribution in [3.05, 3.63) is 82.3 Å². The van der Waals surface area contributed by atoms with Crippen LogP contribution in [-0.4, -0.2) is 31.2 Å². The number of nitrogens with zero attached hydrogens (tertiary/aromatic N) is 1. The molecular weight excluding hydrogens is 451 g/mol. The van der Waals surface area contributed by atoms with E-state index in [0.29, 0.717) is 25.2 Å². The molecule has 1 N–H and O–H groups in total. The normalized spacial score (nSPS) is 16.7. The highest BCUT2D eigenvalue weighted by Crippen LogP contribution is 2.26. The van der Waals surface area contributed by atoms with E-state index in [2.05, 4.69) is 5.32 Å². The third-order valence-electron chi connectivity index (χ3n) is 5.28. The zero-order valence-electron chi connectivity index (χ0n) is 17.2. The number of hydrogen-bond acceptors (Lipinski definition) is 5. The minimum Gasteiger partial charge on any atom is -0.489 e. The van der Waals surface area contributed by atoms with E-state index in [0.717, 1.165) is 23.3 Å². The predicted octanol–water partition coefficient (Wildman–Crippen LogP) is 3.94. The Labute approximate surface area is 190 Å². The minimum absolute atomic E-state index is 0.0194. The first-order valence-corrected chi connectivity index (χ1v) is 12.6. The number of ether oxygens (including phenoxy) is 1. The first-order valence-electron chi connectivity index (χ1n) is 10.2. The highest BCUT2D eigenvalue weighted by Gasteiger charge is 2.39. The van der Waals surface area contributed by atoms with E-state index in [1.165, 1.54) is 16.4 Å². The van der Waals surface area contributed by atoms with Gasteiger partial charge in [0.15, 0.2) is 0 Å². The van der Waals surface area contributed by atoms with Crippen LogP contribution >= 0.6 is 11.3 Å². The standard InChI is InChI=1S/C23H23FN2O4S2/c24-19-6-8-21(9-7-19)32(28,29)26-11-2-5-22(26)23(27)25-14-17-3-1-4-20(13-17)30-15-18-10-12-31-16-18/h1,3-4,6-10,12-13,16,22H,2,5,11,14-15H2,(H,25,27)/t22-/m0/s1. The SMILES string of the molecule is O=C(NCc1cccc(OCc2ccsc2)c1)[C@@H]1CCCN1S(=O)(=O)c1ccc(F)cc1. The molecule has 1 atom stereocenters. The van der Waals surface area contributed by atoms with Gasteiger partial charge < -0.3 is 10.1 Å². The third-order valence-corrected chi connectivity index (χ3v) is 7.93. The average Bonchev–Trinajstić information content (AvgIpc) is 3.49. The molecule has 1 saturated heterocycles. The van der Waals surface area contributed by atoms with E-state index in [9.17, 15) is 17.6 Å². The molecule has 168 valence electrons. The maximum Gasteiger partial charge on any atom is 0.243 e. The van der Waals surface area contributed by atoms with E-state index in [-0.39, 0.29) is 23.9 Å². The summed E-state index contributed by atoms with van der Waals surface area (Å²) in [5.41, 5.74) is 1.95. The molecule has 1 aromatic heterocycles. The Kier molecular flexibility index (Phi) is 6.88. The first-order chi connectivity index (χ1) is 15.4. The zero-order chi connectivity index (χ0) is 22.6. The summed E-state index contributed by atoms with van der Waals surface area (Å²) < 4.78 is 46.1. The Hall–Kier alpha value is -2.75. The highest BCUT2D eigenvalue weighted by molar-refractivity contribution is 7.89. The second-order valence-corrected chi connectivity index (χ2v) is 10.2. The number of rotatable bonds is 8. The van der Waals surface area contributed by atoms with Gasteiger partial charge in [-0.25, -0.2) is 12.8 Å². The van der Waals surface area contributed by atoms with Gasteiger partial charge in [-0.15, -0.1) is 0 Å². The van der Waals surface area contributed by atoms with Gasteiger partial charge in [-0.3, -0.25) is 4.79 Å². The zero-order valence-corrected chi connectivity index (χ0v) is 18.9. The van der Waals surface area contributed by atoms with Gasteiger partial charge in [0.25, 0.3) is 0 Å². The Bertz CT molecular complexity index is 1160. The molecule has 0 bridgehead atoms. The van der Waals surface area contributed by atoms with Gasteiger partial charge in [0.2, 0.25) is 15.9 Å². The van der Waals surface area contributed by atoms with Crippen molar-refractivity contribution in [1.82, 2.24) is 9.62 Å². The molecule has 0 unspecified atom stereocenters. The van der Waals surface area contributed by atoms with Crippen LogP contribution in [0, 0.1) is 5.82 Å². The second-order valence-electron chi connectivity index (χ2n) is 7.51. The lowest BCUT2D eigenvalue weighted by Crippen LogP contribution is -2.45. The van der Waals surface area contributed by atoms with Crippen molar-refractivity contribution < 1.29 is 22.3 Å². The molecule has 1 amide bonds. The lowest BCUT2D eigenvalue weighted by molar-refractivity contribution is -0.124. The fourth-order valence-corrected chi connectivity index (χ4v) is 5.94. The predicted molar refractivity (Wildman–Crippen MR) is 120 cm³/mol. The van der Waals surface area contributed by atoms with Crippen LogP contribution in [0.4, 0.5) is 4.39 Å². The second kappa shape index (κ2) is 9.81. The maximum absolute atomic E-state index is 13.2. The molecular formula is C23H23FN2O4S2. The number of hydrogen-bond donors (Lipinski definition) is 1. The smallest absolute Gasteiger partial charge is 0.243 e. The van der Waals surface area contributed by atoms with Gasteiger partial charge in [0.1, 0.15) is 24.2 Å². The van der Waals surface area contributed by atoms with E-state index < -0.39 is 21.9 Å². The molecule has 2 aromatic carbocycles. The number of amides is 1. The monoisotopic (exact) mass is 474 g/mol. The number of sulfonamides is 1. The van der Waals surface area contributed by atoms with Crippen LogP contribution in [-0.2, 0) is 28.0 Å². The molecule has 1 fully saturated rings. The van der Waals surface area contributed by atoms with Gasteiger partial charge in [-0.05, 0) is 77.2 Å². The van der Waals surface area contributed by atoms with Gasteiger partial charge in [-0.2, -0.15) is 15.6 Å². The van der Waals surface area contributed by atoms with Gasteiger partial charge >= 0.3 is 0 Å². The molecule has 6 nitrogen and oxygen atoms in total. The number of thiophene rings is 1. The Morgan fingerprint density at radius 1 is 1.16 bits per heavy atom. The Morgan fingerprint density at radius 2 is 1.97 bits per heavy atom. The maximum atomic E-state index is 13.2. The number of carbonyl (C=O) groups is 1. The summed E-state index contributed by atoms with van der Waals surface area (Å²) in [6.07, 6.45) is 1.03. The number of nitrogens with one attached hydrogen (secondary N) is 1. The molecule has 2 heterocycles. The topological polar surface area (TPSA) is 75.7 Å². The van der Waals surface area contributed by atoms with Gasteiger partial charge in [0.05, 0.1) is 4.90 Å². The number of benzene rings is 2. The first kappa shape index (κ1) is 22.4. The molecule has 0 spiro atoms. The largest absolute Gasteiger partial charge is 0.489 e. The van der Waals surface area contributed by atoms with Crippen molar-refractivity contribution in [2.45, 2.75) is 36.9 Å². The van der Waals surface area contributed by atoms with Crippen LogP contribution in [0.3, 0.4) is 0 Å². The molecule has 0 aliphatic carbocycles. The Balaban J connectivity index is 1.38. The van der Waals surface area contributed by atoms with Crippen molar-refractivity contribution in [2.75, 3.05) is 6.54 Å². The average molecular weight is 475 g/mol. The fourth-order valence-electron chi connectivity index (χ4n) is 3.63. The molecule has 3 aromatic rings. The number of carbonyl (C=O) groups excluding carboxylic acids is 1. The summed E-state index contributed by atoms with van der Waals surface area (Å²) in [4.78, 5) is 12.8. The van der Waals surface area contributed by atoms with Crippen molar-refractivity contribution >= 4 is 27.3 Å². The quantitative estimate of drug-likeness (QED) is 0.537. The summed E-state index contributed by atoms with van der Waals surface area (Å²) >= 11 is 1.61. The van der Waals surface area contributed by atoms with E-state index >= 15 is 0 Å². The van der Waals surface area contributed by atoms with E-state index in [1.807, 2.05) is 41.1 Å². The Morgan fingerprint density at radius 3 is 2.72 bits per heavy atom. The molecule has 32 heavy (non-hydrogen) atoms. The van der Waals surface area contributed by atoms with Crippen LogP contribution in [0.25, 0.3) is 0 Å². The van der Waals surface area contributed by atoms with Crippen LogP contribution in [0.1, 0.15) is 24.0 Å². The van der Waals surface area contributed by atoms with E-state index in [4.69, 9.17) is 4.74 Å². The van der Waals surface area contributed by atoms with Crippen LogP contribution in [0.5, 0.6) is 5.75 Å². The lowest BCUT2D eigenvalue weighted by Gasteiger charge is -2.23. The molecule has 4 rings (SSSR count). The summed E-state index contributed by atoms with van der Waals surface area (Å²) in [5, 5.41) is 6.86. The summed E-state index contributed by atoms with van der Waals surface area (Å²) in [6.45, 7) is 0.983. The van der Waals surface area contributed by atoms with Crippen LogP contribution in [0.2, 0.25) is 0 Å². The molecule has 0 saturated carbocycles. The highest BCUT2D eigenvalue weighted by atomic mass is 32.2. The molecule has 1 aliphatic rings. The molecule has 0 radical (unpaired) electrons. The van der Waals surface area contributed by atoms with Crippen LogP contribution < -0.4 is 10.1 Å². The van der Waals surface area contributed by atoms with Crippen molar-refractivity contribution in [1.29, 1.82) is 0 Å². The third kappa shape index (κ3) is 5.17. The minimum atomic E-state index is -3.88. The van der Waals surface area contributed by atoms with Crippen LogP contribution in [0.15, 0.2) is 70.3 Å².